The van der Waals surface area contributed by atoms with E-state index in [2.05, 4.69) is 10.6 Å². The molecule has 1 atom stereocenters. The van der Waals surface area contributed by atoms with E-state index in [0.717, 1.165) is 0 Å². The molecular weight excluding hydrogens is 244 g/mol. The summed E-state index contributed by atoms with van der Waals surface area (Å²) >= 11 is 0. The van der Waals surface area contributed by atoms with Gasteiger partial charge in [0.1, 0.15) is 6.04 Å². The molecule has 0 fully saturated rings. The highest BCUT2D eigenvalue weighted by molar-refractivity contribution is 5.82. The molecule has 4 N–H and O–H groups in total. The zero-order chi connectivity index (χ0) is 14.0. The average Bonchev–Trinajstić information content (AvgIpc) is 2.27. The summed E-state index contributed by atoms with van der Waals surface area (Å²) in [5.74, 6) is -2.19. The fraction of sp³-hybridized carbons (Fsp3) is 0.700. The van der Waals surface area contributed by atoms with Crippen molar-refractivity contribution in [2.75, 3.05) is 20.3 Å². The van der Waals surface area contributed by atoms with Gasteiger partial charge >= 0.3 is 18.0 Å². The number of hydrogen-bond acceptors (Lipinski definition) is 4. The molecule has 0 aromatic heterocycles. The number of rotatable bonds is 9. The van der Waals surface area contributed by atoms with E-state index < -0.39 is 24.0 Å². The van der Waals surface area contributed by atoms with E-state index in [1.165, 1.54) is 7.11 Å². The first-order valence-electron chi connectivity index (χ1n) is 5.45. The molecule has 8 heteroatoms. The second kappa shape index (κ2) is 9.23. The maximum atomic E-state index is 11.3. The van der Waals surface area contributed by atoms with Gasteiger partial charge < -0.3 is 25.6 Å². The van der Waals surface area contributed by atoms with Crippen LogP contribution in [-0.4, -0.2) is 54.5 Å². The first kappa shape index (κ1) is 16.2. The van der Waals surface area contributed by atoms with Crippen LogP contribution in [0.25, 0.3) is 0 Å². The van der Waals surface area contributed by atoms with E-state index in [0.29, 0.717) is 6.61 Å². The molecule has 0 aromatic rings. The maximum Gasteiger partial charge on any atom is 0.326 e. The quantitative estimate of drug-likeness (QED) is 0.420. The van der Waals surface area contributed by atoms with Crippen LogP contribution in [0.15, 0.2) is 0 Å². The van der Waals surface area contributed by atoms with Crippen molar-refractivity contribution in [1.29, 1.82) is 0 Å². The molecule has 0 bridgehead atoms. The van der Waals surface area contributed by atoms with Crippen LogP contribution in [-0.2, 0) is 14.3 Å². The Bertz CT molecular complexity index is 294. The number of amides is 2. The van der Waals surface area contributed by atoms with Gasteiger partial charge in [0.15, 0.2) is 0 Å². The lowest BCUT2D eigenvalue weighted by Gasteiger charge is -2.14. The summed E-state index contributed by atoms with van der Waals surface area (Å²) in [6.45, 7) is 0.591. The number of nitrogens with one attached hydrogen (secondary N) is 2. The van der Waals surface area contributed by atoms with Crippen LogP contribution in [0.3, 0.4) is 0 Å². The summed E-state index contributed by atoms with van der Waals surface area (Å²) in [7, 11) is 1.48. The van der Waals surface area contributed by atoms with Crippen LogP contribution in [0.2, 0.25) is 0 Å². The molecule has 0 saturated heterocycles. The number of carboxylic acid groups (broad SMARTS) is 2. The Morgan fingerprint density at radius 2 is 1.94 bits per heavy atom. The van der Waals surface area contributed by atoms with E-state index in [1.54, 1.807) is 0 Å². The van der Waals surface area contributed by atoms with Crippen molar-refractivity contribution in [3.05, 3.63) is 0 Å². The van der Waals surface area contributed by atoms with Crippen molar-refractivity contribution >= 4 is 18.0 Å². The van der Waals surface area contributed by atoms with Crippen molar-refractivity contribution in [3.63, 3.8) is 0 Å². The lowest BCUT2D eigenvalue weighted by atomic mass is 10.1. The number of carbonyl (C=O) groups excluding carboxylic acids is 1. The van der Waals surface area contributed by atoms with Crippen molar-refractivity contribution in [1.82, 2.24) is 10.6 Å². The number of carbonyl (C=O) groups is 3. The molecule has 8 nitrogen and oxygen atoms in total. The van der Waals surface area contributed by atoms with Gasteiger partial charge in [-0.25, -0.2) is 9.59 Å². The summed E-state index contributed by atoms with van der Waals surface area (Å²) in [5.41, 5.74) is 0. The molecule has 0 saturated carbocycles. The van der Waals surface area contributed by atoms with E-state index in [-0.39, 0.29) is 25.8 Å². The van der Waals surface area contributed by atoms with Crippen LogP contribution in [0, 0.1) is 0 Å². The molecular formula is C10H18N2O6. The molecule has 0 aliphatic carbocycles. The third-order valence-corrected chi connectivity index (χ3v) is 2.08. The number of urea groups is 1. The molecule has 0 aliphatic rings. The highest BCUT2D eigenvalue weighted by Crippen LogP contribution is 2.01. The number of aliphatic carboxylic acids is 2. The van der Waals surface area contributed by atoms with Crippen molar-refractivity contribution in [2.24, 2.45) is 0 Å². The zero-order valence-corrected chi connectivity index (χ0v) is 10.1. The second-order valence-corrected chi connectivity index (χ2v) is 3.57. The van der Waals surface area contributed by atoms with Gasteiger partial charge in [0.25, 0.3) is 0 Å². The molecule has 0 rings (SSSR count). The first-order valence-corrected chi connectivity index (χ1v) is 5.45. The number of methoxy groups -OCH3 is 1. The van der Waals surface area contributed by atoms with Crippen LogP contribution < -0.4 is 10.6 Å². The second-order valence-electron chi connectivity index (χ2n) is 3.57. The summed E-state index contributed by atoms with van der Waals surface area (Å²) in [6, 6.07) is -1.71. The fourth-order valence-corrected chi connectivity index (χ4v) is 1.19. The van der Waals surface area contributed by atoms with Gasteiger partial charge in [-0.15, -0.1) is 0 Å². The Balaban J connectivity index is 3.99. The SMILES string of the molecule is COCCNC(=O)NC(CCCC(=O)O)C(=O)O. The Hall–Kier alpha value is -1.83. The molecule has 2 amide bonds. The predicted octanol–water partition coefficient (Wildman–Crippen LogP) is -0.360. The van der Waals surface area contributed by atoms with Gasteiger partial charge in [-0.05, 0) is 12.8 Å². The van der Waals surface area contributed by atoms with Gasteiger partial charge in [-0.1, -0.05) is 0 Å². The normalized spacial score (nSPS) is 11.6. The summed E-state index contributed by atoms with van der Waals surface area (Å²) in [5, 5.41) is 21.9. The number of carboxylic acids is 2. The third-order valence-electron chi connectivity index (χ3n) is 2.08. The summed E-state index contributed by atoms with van der Waals surface area (Å²) in [6.07, 6.45) is 0.126. The molecule has 0 aliphatic heterocycles. The minimum atomic E-state index is -1.19. The zero-order valence-electron chi connectivity index (χ0n) is 10.1. The Kier molecular flexibility index (Phi) is 8.29. The topological polar surface area (TPSA) is 125 Å². The van der Waals surface area contributed by atoms with E-state index in [1.807, 2.05) is 0 Å². The van der Waals surface area contributed by atoms with Crippen LogP contribution in [0.1, 0.15) is 19.3 Å². The van der Waals surface area contributed by atoms with Gasteiger partial charge in [0.2, 0.25) is 0 Å². The standard InChI is InChI=1S/C10H18N2O6/c1-18-6-5-11-10(17)12-7(9(15)16)3-2-4-8(13)14/h7H,2-6H2,1H3,(H,13,14)(H,15,16)(H2,11,12,17). The highest BCUT2D eigenvalue weighted by atomic mass is 16.5. The van der Waals surface area contributed by atoms with Gasteiger partial charge in [-0.3, -0.25) is 4.79 Å². The van der Waals surface area contributed by atoms with Crippen LogP contribution in [0.4, 0.5) is 4.79 Å². The maximum absolute atomic E-state index is 11.3. The molecule has 1 unspecified atom stereocenters. The predicted molar refractivity (Wildman–Crippen MR) is 61.3 cm³/mol. The lowest BCUT2D eigenvalue weighted by molar-refractivity contribution is -0.140. The lowest BCUT2D eigenvalue weighted by Crippen LogP contribution is -2.46. The largest absolute Gasteiger partial charge is 0.481 e. The Labute approximate surface area is 104 Å². The minimum Gasteiger partial charge on any atom is -0.481 e. The van der Waals surface area contributed by atoms with E-state index in [9.17, 15) is 14.4 Å². The van der Waals surface area contributed by atoms with Gasteiger partial charge in [0, 0.05) is 20.1 Å². The summed E-state index contributed by atoms with van der Waals surface area (Å²) in [4.78, 5) is 32.4. The van der Waals surface area contributed by atoms with Crippen LogP contribution >= 0.6 is 0 Å². The smallest absolute Gasteiger partial charge is 0.326 e. The van der Waals surface area contributed by atoms with E-state index in [4.69, 9.17) is 14.9 Å². The van der Waals surface area contributed by atoms with Gasteiger partial charge in [-0.2, -0.15) is 0 Å². The molecule has 18 heavy (non-hydrogen) atoms. The fourth-order valence-electron chi connectivity index (χ4n) is 1.19. The molecule has 104 valence electrons. The van der Waals surface area contributed by atoms with Crippen molar-refractivity contribution in [2.45, 2.75) is 25.3 Å². The molecule has 0 heterocycles. The minimum absolute atomic E-state index is 0.0688. The third kappa shape index (κ3) is 8.34. The number of hydrogen-bond donors (Lipinski definition) is 4. The summed E-state index contributed by atoms with van der Waals surface area (Å²) < 4.78 is 4.71. The monoisotopic (exact) mass is 262 g/mol. The van der Waals surface area contributed by atoms with Crippen LogP contribution in [0.5, 0.6) is 0 Å². The van der Waals surface area contributed by atoms with Crippen molar-refractivity contribution < 1.29 is 29.3 Å². The van der Waals surface area contributed by atoms with Gasteiger partial charge in [0.05, 0.1) is 6.61 Å². The first-order chi connectivity index (χ1) is 8.47. The Morgan fingerprint density at radius 1 is 1.28 bits per heavy atom. The molecule has 0 radical (unpaired) electrons. The molecule has 0 spiro atoms. The van der Waals surface area contributed by atoms with E-state index >= 15 is 0 Å². The highest BCUT2D eigenvalue weighted by Gasteiger charge is 2.19. The number of ether oxygens (including phenoxy) is 1. The average molecular weight is 262 g/mol. The van der Waals surface area contributed by atoms with Crippen molar-refractivity contribution in [3.8, 4) is 0 Å². The molecule has 0 aromatic carbocycles. The Morgan fingerprint density at radius 3 is 2.44 bits per heavy atom.